The molecule has 98 valence electrons. The number of hydrogen-bond donors (Lipinski definition) is 1. The zero-order valence-electron chi connectivity index (χ0n) is 10.6. The van der Waals surface area contributed by atoms with Crippen molar-refractivity contribution < 1.29 is 9.26 Å². The van der Waals surface area contributed by atoms with Crippen molar-refractivity contribution in [3.05, 3.63) is 17.0 Å². The highest BCUT2D eigenvalue weighted by Crippen LogP contribution is 2.26. The highest BCUT2D eigenvalue weighted by Gasteiger charge is 2.18. The van der Waals surface area contributed by atoms with E-state index in [-0.39, 0.29) is 12.1 Å². The summed E-state index contributed by atoms with van der Waals surface area (Å²) in [5, 5.41) is 3.88. The maximum Gasteiger partial charge on any atom is 0.269 e. The Morgan fingerprint density at radius 1 is 1.50 bits per heavy atom. The second kappa shape index (κ2) is 5.55. The number of hydrogen-bond acceptors (Lipinski definition) is 7. The van der Waals surface area contributed by atoms with Crippen LogP contribution in [0.5, 0.6) is 0 Å². The van der Waals surface area contributed by atoms with Crippen LogP contribution in [0, 0.1) is 6.92 Å². The minimum atomic E-state index is -0.377. The van der Waals surface area contributed by atoms with Gasteiger partial charge in [0, 0.05) is 0 Å². The molecule has 1 atom stereocenters. The van der Waals surface area contributed by atoms with E-state index in [1.54, 1.807) is 5.51 Å². The van der Waals surface area contributed by atoms with Gasteiger partial charge >= 0.3 is 0 Å². The lowest BCUT2D eigenvalue weighted by molar-refractivity contribution is 0.0665. The first-order chi connectivity index (χ1) is 8.58. The molecule has 18 heavy (non-hydrogen) atoms. The average Bonchev–Trinajstić information content (AvgIpc) is 2.93. The number of nitrogens with zero attached hydrogens (tertiary/aromatic N) is 3. The minimum absolute atomic E-state index is 0.131. The van der Waals surface area contributed by atoms with E-state index in [2.05, 4.69) is 15.1 Å². The molecule has 0 fully saturated rings. The van der Waals surface area contributed by atoms with Gasteiger partial charge in [-0.25, -0.2) is 4.98 Å². The van der Waals surface area contributed by atoms with Crippen molar-refractivity contribution in [3.8, 4) is 10.8 Å². The minimum Gasteiger partial charge on any atom is -0.377 e. The molecule has 0 bridgehead atoms. The smallest absolute Gasteiger partial charge is 0.269 e. The maximum absolute atomic E-state index is 5.93. The van der Waals surface area contributed by atoms with E-state index >= 15 is 0 Å². The fraction of sp³-hybridized carbons (Fsp3) is 0.545. The first-order valence-corrected chi connectivity index (χ1v) is 6.57. The summed E-state index contributed by atoms with van der Waals surface area (Å²) in [6.07, 6.45) is 0.131. The van der Waals surface area contributed by atoms with E-state index in [1.807, 2.05) is 20.8 Å². The molecule has 0 spiro atoms. The molecule has 0 saturated heterocycles. The molecule has 2 N–H and O–H groups in total. The summed E-state index contributed by atoms with van der Waals surface area (Å²) >= 11 is 1.47. The molecule has 2 heterocycles. The Hall–Kier alpha value is -1.31. The quantitative estimate of drug-likeness (QED) is 0.891. The highest BCUT2D eigenvalue weighted by molar-refractivity contribution is 7.13. The normalized spacial score (nSPS) is 13.2. The molecule has 0 aliphatic heterocycles. The molecule has 2 rings (SSSR count). The lowest BCUT2D eigenvalue weighted by Gasteiger charge is -2.10. The SMILES string of the molecule is Cc1ncsc1-c1nc(C(N)COC(C)C)no1. The van der Waals surface area contributed by atoms with Gasteiger partial charge in [-0.1, -0.05) is 5.16 Å². The molecule has 2 aromatic rings. The van der Waals surface area contributed by atoms with Crippen molar-refractivity contribution in [1.82, 2.24) is 15.1 Å². The summed E-state index contributed by atoms with van der Waals surface area (Å²) in [5.41, 5.74) is 8.55. The van der Waals surface area contributed by atoms with Crippen LogP contribution in [-0.4, -0.2) is 27.8 Å². The van der Waals surface area contributed by atoms with E-state index in [1.165, 1.54) is 11.3 Å². The third kappa shape index (κ3) is 2.92. The summed E-state index contributed by atoms with van der Waals surface area (Å²) in [5.74, 6) is 0.920. The van der Waals surface area contributed by atoms with Crippen LogP contribution < -0.4 is 5.73 Å². The van der Waals surface area contributed by atoms with E-state index in [4.69, 9.17) is 15.0 Å². The van der Waals surface area contributed by atoms with Crippen molar-refractivity contribution >= 4 is 11.3 Å². The Morgan fingerprint density at radius 2 is 2.28 bits per heavy atom. The Kier molecular flexibility index (Phi) is 4.05. The van der Waals surface area contributed by atoms with Crippen molar-refractivity contribution in [1.29, 1.82) is 0 Å². The van der Waals surface area contributed by atoms with E-state index < -0.39 is 0 Å². The Morgan fingerprint density at radius 3 is 2.89 bits per heavy atom. The molecule has 0 aliphatic rings. The Balaban J connectivity index is 2.08. The Bertz CT molecular complexity index is 509. The average molecular weight is 268 g/mol. The van der Waals surface area contributed by atoms with Crippen LogP contribution >= 0.6 is 11.3 Å². The van der Waals surface area contributed by atoms with Crippen LogP contribution in [0.3, 0.4) is 0 Å². The van der Waals surface area contributed by atoms with Crippen LogP contribution in [-0.2, 0) is 4.74 Å². The predicted octanol–water partition coefficient (Wildman–Crippen LogP) is 1.93. The van der Waals surface area contributed by atoms with Gasteiger partial charge in [0.15, 0.2) is 5.82 Å². The summed E-state index contributed by atoms with van der Waals surface area (Å²) in [7, 11) is 0. The summed E-state index contributed by atoms with van der Waals surface area (Å²) in [6, 6.07) is -0.377. The third-order valence-corrected chi connectivity index (χ3v) is 3.24. The van der Waals surface area contributed by atoms with Crippen LogP contribution in [0.15, 0.2) is 10.0 Å². The molecule has 0 radical (unpaired) electrons. The number of ether oxygens (including phenoxy) is 1. The number of nitrogens with two attached hydrogens (primary N) is 1. The van der Waals surface area contributed by atoms with Gasteiger partial charge in [0.1, 0.15) is 4.88 Å². The van der Waals surface area contributed by atoms with Gasteiger partial charge in [-0.15, -0.1) is 11.3 Å². The second-order valence-electron chi connectivity index (χ2n) is 4.21. The van der Waals surface area contributed by atoms with Crippen LogP contribution in [0.2, 0.25) is 0 Å². The van der Waals surface area contributed by atoms with Gasteiger partial charge in [-0.05, 0) is 20.8 Å². The molecule has 0 aromatic carbocycles. The molecule has 6 nitrogen and oxygen atoms in total. The third-order valence-electron chi connectivity index (χ3n) is 2.32. The van der Waals surface area contributed by atoms with Gasteiger partial charge in [0.05, 0.1) is 30.0 Å². The fourth-order valence-electron chi connectivity index (χ4n) is 1.36. The molecule has 0 amide bonds. The first-order valence-electron chi connectivity index (χ1n) is 5.69. The zero-order valence-corrected chi connectivity index (χ0v) is 11.4. The summed E-state index contributed by atoms with van der Waals surface area (Å²) in [4.78, 5) is 9.30. The number of rotatable bonds is 5. The number of aryl methyl sites for hydroxylation is 1. The molecule has 0 saturated carbocycles. The fourth-order valence-corrected chi connectivity index (χ4v) is 2.08. The van der Waals surface area contributed by atoms with Gasteiger partial charge in [0.25, 0.3) is 5.89 Å². The van der Waals surface area contributed by atoms with Crippen LogP contribution in [0.25, 0.3) is 10.8 Å². The Labute approximate surface area is 109 Å². The largest absolute Gasteiger partial charge is 0.377 e. The van der Waals surface area contributed by atoms with Crippen molar-refractivity contribution in [2.24, 2.45) is 5.73 Å². The van der Waals surface area contributed by atoms with Crippen molar-refractivity contribution in [3.63, 3.8) is 0 Å². The van der Waals surface area contributed by atoms with E-state index in [0.29, 0.717) is 18.3 Å². The van der Waals surface area contributed by atoms with E-state index in [0.717, 1.165) is 10.6 Å². The number of thiazole rings is 1. The van der Waals surface area contributed by atoms with Gasteiger partial charge in [-0.2, -0.15) is 4.98 Å². The van der Waals surface area contributed by atoms with Gasteiger partial charge in [0.2, 0.25) is 0 Å². The van der Waals surface area contributed by atoms with Crippen LogP contribution in [0.4, 0.5) is 0 Å². The zero-order chi connectivity index (χ0) is 13.1. The second-order valence-corrected chi connectivity index (χ2v) is 5.07. The molecule has 1 unspecified atom stereocenters. The summed E-state index contributed by atoms with van der Waals surface area (Å²) < 4.78 is 10.6. The molecule has 7 heteroatoms. The van der Waals surface area contributed by atoms with Crippen molar-refractivity contribution in [2.75, 3.05) is 6.61 Å². The molecular weight excluding hydrogens is 252 g/mol. The summed E-state index contributed by atoms with van der Waals surface area (Å²) in [6.45, 7) is 6.18. The predicted molar refractivity (Wildman–Crippen MR) is 68.2 cm³/mol. The standard InChI is InChI=1S/C11H16N4O2S/c1-6(2)16-4-8(12)10-14-11(17-15-10)9-7(3)13-5-18-9/h5-6,8H,4,12H2,1-3H3. The first kappa shape index (κ1) is 13.1. The molecule has 0 aliphatic carbocycles. The maximum atomic E-state index is 5.93. The lowest BCUT2D eigenvalue weighted by atomic mass is 10.3. The van der Waals surface area contributed by atoms with Crippen LogP contribution in [0.1, 0.15) is 31.4 Å². The monoisotopic (exact) mass is 268 g/mol. The number of aromatic nitrogens is 3. The molecule has 2 aromatic heterocycles. The van der Waals surface area contributed by atoms with Gasteiger partial charge < -0.3 is 15.0 Å². The van der Waals surface area contributed by atoms with Crippen molar-refractivity contribution in [2.45, 2.75) is 32.9 Å². The molecular formula is C11H16N4O2S. The van der Waals surface area contributed by atoms with Gasteiger partial charge in [-0.3, -0.25) is 0 Å². The highest BCUT2D eigenvalue weighted by atomic mass is 32.1. The topological polar surface area (TPSA) is 87.1 Å². The lowest BCUT2D eigenvalue weighted by Crippen LogP contribution is -2.20. The van der Waals surface area contributed by atoms with E-state index in [9.17, 15) is 0 Å².